The van der Waals surface area contributed by atoms with E-state index >= 15 is 0 Å². The summed E-state index contributed by atoms with van der Waals surface area (Å²) < 4.78 is 21.4. The molecule has 4 nitrogen and oxygen atoms in total. The Labute approximate surface area is 95.7 Å². The highest BCUT2D eigenvalue weighted by atomic mass is 31.2. The van der Waals surface area contributed by atoms with Gasteiger partial charge in [-0.25, -0.2) is 0 Å². The molecule has 0 heterocycles. The first-order chi connectivity index (χ1) is 7.52. The molecule has 0 aromatic heterocycles. The third-order valence-corrected chi connectivity index (χ3v) is 4.41. The minimum atomic E-state index is -3.17. The van der Waals surface area contributed by atoms with Gasteiger partial charge in [-0.15, -0.1) is 0 Å². The summed E-state index contributed by atoms with van der Waals surface area (Å²) in [4.78, 5) is 0. The van der Waals surface area contributed by atoms with Crippen molar-refractivity contribution in [3.8, 4) is 0 Å². The van der Waals surface area contributed by atoms with Crippen LogP contribution >= 0.6 is 7.60 Å². The van der Waals surface area contributed by atoms with Crippen LogP contribution < -0.4 is 0 Å². The average molecular weight is 244 g/mol. The van der Waals surface area contributed by atoms with E-state index in [0.717, 1.165) is 11.1 Å². The smallest absolute Gasteiger partial charge is 0.333 e. The van der Waals surface area contributed by atoms with Crippen molar-refractivity contribution < 1.29 is 18.7 Å². The van der Waals surface area contributed by atoms with Crippen molar-refractivity contribution in [2.45, 2.75) is 13.0 Å². The molecule has 5 heteroatoms. The van der Waals surface area contributed by atoms with Crippen molar-refractivity contribution in [3.63, 3.8) is 0 Å². The minimum Gasteiger partial charge on any atom is -0.388 e. The van der Waals surface area contributed by atoms with Crippen LogP contribution in [-0.2, 0) is 13.6 Å². The predicted octanol–water partition coefficient (Wildman–Crippen LogP) is 2.51. The Balaban J connectivity index is 2.84. The van der Waals surface area contributed by atoms with E-state index in [9.17, 15) is 9.67 Å². The van der Waals surface area contributed by atoms with Gasteiger partial charge in [-0.05, 0) is 18.1 Å². The van der Waals surface area contributed by atoms with Crippen LogP contribution in [0, 0.1) is 6.92 Å². The van der Waals surface area contributed by atoms with Crippen molar-refractivity contribution in [3.05, 3.63) is 35.4 Å². The van der Waals surface area contributed by atoms with E-state index < -0.39 is 13.7 Å². The Bertz CT molecular complexity index is 383. The van der Waals surface area contributed by atoms with Crippen LogP contribution in [0.5, 0.6) is 0 Å². The highest BCUT2D eigenvalue weighted by Crippen LogP contribution is 2.49. The van der Waals surface area contributed by atoms with E-state index in [1.807, 2.05) is 25.1 Å². The van der Waals surface area contributed by atoms with Gasteiger partial charge in [0.25, 0.3) is 0 Å². The highest BCUT2D eigenvalue weighted by Gasteiger charge is 2.26. The van der Waals surface area contributed by atoms with Crippen LogP contribution in [0.25, 0.3) is 0 Å². The van der Waals surface area contributed by atoms with Gasteiger partial charge in [0.2, 0.25) is 0 Å². The molecule has 1 N–H and O–H groups in total. The Morgan fingerprint density at radius 1 is 1.31 bits per heavy atom. The second-order valence-corrected chi connectivity index (χ2v) is 5.85. The maximum absolute atomic E-state index is 11.8. The zero-order valence-corrected chi connectivity index (χ0v) is 10.6. The van der Waals surface area contributed by atoms with E-state index in [1.54, 1.807) is 6.07 Å². The lowest BCUT2D eigenvalue weighted by Crippen LogP contribution is -2.07. The Morgan fingerprint density at radius 2 is 1.88 bits per heavy atom. The van der Waals surface area contributed by atoms with Crippen molar-refractivity contribution >= 4 is 7.60 Å². The van der Waals surface area contributed by atoms with E-state index in [2.05, 4.69) is 0 Å². The lowest BCUT2D eigenvalue weighted by atomic mass is 10.1. The molecule has 0 spiro atoms. The van der Waals surface area contributed by atoms with Gasteiger partial charge >= 0.3 is 7.60 Å². The number of hydrogen-bond donors (Lipinski definition) is 1. The zero-order valence-electron chi connectivity index (χ0n) is 9.71. The average Bonchev–Trinajstić information content (AvgIpc) is 2.29. The summed E-state index contributed by atoms with van der Waals surface area (Å²) in [6.45, 7) is 1.89. The molecule has 0 radical (unpaired) electrons. The van der Waals surface area contributed by atoms with Crippen LogP contribution in [0.4, 0.5) is 0 Å². The molecule has 1 atom stereocenters. The minimum absolute atomic E-state index is 0.0369. The largest absolute Gasteiger partial charge is 0.388 e. The topological polar surface area (TPSA) is 55.8 Å². The number of aryl methyl sites for hydroxylation is 1. The second kappa shape index (κ2) is 5.60. The van der Waals surface area contributed by atoms with Gasteiger partial charge in [0.15, 0.2) is 0 Å². The molecule has 0 aliphatic rings. The fourth-order valence-corrected chi connectivity index (χ4v) is 2.56. The number of benzene rings is 1. The zero-order chi connectivity index (χ0) is 12.2. The molecular formula is C11H17O4P. The Morgan fingerprint density at radius 3 is 2.38 bits per heavy atom. The van der Waals surface area contributed by atoms with Gasteiger partial charge in [0, 0.05) is 14.2 Å². The van der Waals surface area contributed by atoms with Crippen LogP contribution in [0.3, 0.4) is 0 Å². The summed E-state index contributed by atoms with van der Waals surface area (Å²) in [5.41, 5.74) is 1.70. The van der Waals surface area contributed by atoms with Crippen LogP contribution in [0.15, 0.2) is 24.3 Å². The quantitative estimate of drug-likeness (QED) is 0.808. The van der Waals surface area contributed by atoms with Crippen molar-refractivity contribution in [2.24, 2.45) is 0 Å². The van der Waals surface area contributed by atoms with Crippen molar-refractivity contribution in [1.82, 2.24) is 0 Å². The molecule has 0 fully saturated rings. The summed E-state index contributed by atoms with van der Waals surface area (Å²) in [5, 5.41) is 9.97. The molecular weight excluding hydrogens is 227 g/mol. The van der Waals surface area contributed by atoms with Crippen molar-refractivity contribution in [2.75, 3.05) is 20.4 Å². The van der Waals surface area contributed by atoms with Gasteiger partial charge in [-0.3, -0.25) is 4.57 Å². The van der Waals surface area contributed by atoms with E-state index in [0.29, 0.717) is 0 Å². The first-order valence-corrected chi connectivity index (χ1v) is 6.69. The van der Waals surface area contributed by atoms with Crippen LogP contribution in [0.1, 0.15) is 17.2 Å². The monoisotopic (exact) mass is 244 g/mol. The first kappa shape index (κ1) is 13.4. The molecule has 0 aliphatic heterocycles. The van der Waals surface area contributed by atoms with Crippen LogP contribution in [-0.4, -0.2) is 25.5 Å². The number of aliphatic hydroxyl groups is 1. The van der Waals surface area contributed by atoms with Gasteiger partial charge in [-0.2, -0.15) is 0 Å². The van der Waals surface area contributed by atoms with E-state index in [-0.39, 0.29) is 6.16 Å². The molecule has 0 aliphatic carbocycles. The Hall–Kier alpha value is -0.670. The fourth-order valence-electron chi connectivity index (χ4n) is 1.49. The third-order valence-electron chi connectivity index (χ3n) is 2.50. The molecule has 0 saturated heterocycles. The fraction of sp³-hybridized carbons (Fsp3) is 0.455. The molecule has 1 aromatic carbocycles. The summed E-state index contributed by atoms with van der Waals surface area (Å²) in [6, 6.07) is 7.41. The lowest BCUT2D eigenvalue weighted by molar-refractivity contribution is 0.183. The molecule has 0 saturated carbocycles. The summed E-state index contributed by atoms with van der Waals surface area (Å²) >= 11 is 0. The predicted molar refractivity (Wildman–Crippen MR) is 62.6 cm³/mol. The second-order valence-electron chi connectivity index (χ2n) is 3.53. The van der Waals surface area contributed by atoms with Gasteiger partial charge in [0.1, 0.15) is 0 Å². The van der Waals surface area contributed by atoms with E-state index in [4.69, 9.17) is 9.05 Å². The molecule has 90 valence electrons. The maximum Gasteiger partial charge on any atom is 0.333 e. The molecule has 0 amide bonds. The number of rotatable bonds is 5. The summed E-state index contributed by atoms with van der Waals surface area (Å²) in [5.74, 6) is 0. The van der Waals surface area contributed by atoms with E-state index in [1.165, 1.54) is 14.2 Å². The highest BCUT2D eigenvalue weighted by molar-refractivity contribution is 7.53. The summed E-state index contributed by atoms with van der Waals surface area (Å²) in [6.07, 6.45) is -0.878. The molecule has 1 rings (SSSR count). The molecule has 1 aromatic rings. The van der Waals surface area contributed by atoms with Crippen LogP contribution in [0.2, 0.25) is 0 Å². The molecule has 0 unspecified atom stereocenters. The molecule has 16 heavy (non-hydrogen) atoms. The lowest BCUT2D eigenvalue weighted by Gasteiger charge is -2.18. The third kappa shape index (κ3) is 3.16. The van der Waals surface area contributed by atoms with Crippen molar-refractivity contribution in [1.29, 1.82) is 0 Å². The maximum atomic E-state index is 11.8. The standard InChI is InChI=1S/C11H17O4P/c1-9-6-4-5-7-10(9)11(12)8-16(13,14-2)15-3/h4-7,11-12H,8H2,1-3H3/t11-/m0/s1. The van der Waals surface area contributed by atoms with Gasteiger partial charge in [0.05, 0.1) is 12.3 Å². The molecule has 0 bridgehead atoms. The van der Waals surface area contributed by atoms with Gasteiger partial charge < -0.3 is 14.2 Å². The number of aliphatic hydroxyl groups excluding tert-OH is 1. The summed E-state index contributed by atoms with van der Waals surface area (Å²) in [7, 11) is -0.544. The van der Waals surface area contributed by atoms with Gasteiger partial charge in [-0.1, -0.05) is 24.3 Å². The first-order valence-electron chi connectivity index (χ1n) is 4.96. The number of hydrogen-bond acceptors (Lipinski definition) is 4. The Kier molecular flexibility index (Phi) is 4.69. The SMILES string of the molecule is COP(=O)(C[C@H](O)c1ccccc1C)OC. The normalized spacial score (nSPS) is 13.8.